The SMILES string of the molecule is O=C(OC[SiH3])c1cc(I)cc(I)c1. The molecule has 0 saturated heterocycles. The molecule has 0 aliphatic rings. The zero-order valence-electron chi connectivity index (χ0n) is 7.01. The summed E-state index contributed by atoms with van der Waals surface area (Å²) in [6, 6.07) is 5.68. The van der Waals surface area contributed by atoms with Crippen molar-refractivity contribution in [2.75, 3.05) is 6.23 Å². The number of esters is 1. The maximum absolute atomic E-state index is 11.3. The van der Waals surface area contributed by atoms with Crippen molar-refractivity contribution in [3.8, 4) is 0 Å². The van der Waals surface area contributed by atoms with E-state index >= 15 is 0 Å². The second-order valence-corrected chi connectivity index (χ2v) is 5.45. The lowest BCUT2D eigenvalue weighted by Gasteiger charge is -2.02. The van der Waals surface area contributed by atoms with Gasteiger partial charge in [-0.25, -0.2) is 4.79 Å². The Kier molecular flexibility index (Phi) is 4.66. The lowest BCUT2D eigenvalue weighted by atomic mass is 10.2. The van der Waals surface area contributed by atoms with Crippen LogP contribution in [0.4, 0.5) is 0 Å². The molecule has 13 heavy (non-hydrogen) atoms. The molecule has 0 radical (unpaired) electrons. The van der Waals surface area contributed by atoms with Crippen molar-refractivity contribution in [2.24, 2.45) is 0 Å². The number of hydrogen-bond donors (Lipinski definition) is 0. The Labute approximate surface area is 107 Å². The van der Waals surface area contributed by atoms with Crippen LogP contribution in [-0.2, 0) is 4.74 Å². The van der Waals surface area contributed by atoms with Crippen LogP contribution in [0, 0.1) is 7.14 Å². The van der Waals surface area contributed by atoms with Gasteiger partial charge in [-0.2, -0.15) is 0 Å². The minimum atomic E-state index is -0.216. The summed E-state index contributed by atoms with van der Waals surface area (Å²) in [4.78, 5) is 11.3. The minimum Gasteiger partial charge on any atom is -0.467 e. The van der Waals surface area contributed by atoms with Crippen LogP contribution < -0.4 is 0 Å². The van der Waals surface area contributed by atoms with Crippen LogP contribution in [0.3, 0.4) is 0 Å². The first kappa shape index (κ1) is 11.4. The molecule has 0 aliphatic heterocycles. The lowest BCUT2D eigenvalue weighted by molar-refractivity contribution is 0.0573. The van der Waals surface area contributed by atoms with Gasteiger partial charge in [-0.3, -0.25) is 0 Å². The molecule has 0 spiro atoms. The van der Waals surface area contributed by atoms with Gasteiger partial charge in [0.15, 0.2) is 0 Å². The molecule has 0 fully saturated rings. The van der Waals surface area contributed by atoms with Crippen LogP contribution >= 0.6 is 45.2 Å². The highest BCUT2D eigenvalue weighted by molar-refractivity contribution is 14.1. The Morgan fingerprint density at radius 1 is 1.31 bits per heavy atom. The number of carbonyl (C=O) groups excluding carboxylic acids is 1. The molecule has 0 amide bonds. The first-order valence-corrected chi connectivity index (χ1v) is 7.34. The highest BCUT2D eigenvalue weighted by Gasteiger charge is 2.07. The average molecular weight is 418 g/mol. The standard InChI is InChI=1S/C8H8I2O2Si/c9-6-1-5(2-7(10)3-6)8(11)12-4-13/h1-3H,4H2,13H3. The number of ether oxygens (including phenoxy) is 1. The van der Waals surface area contributed by atoms with E-state index in [0.29, 0.717) is 11.8 Å². The van der Waals surface area contributed by atoms with Crippen molar-refractivity contribution < 1.29 is 9.53 Å². The molecule has 5 heteroatoms. The average Bonchev–Trinajstić information content (AvgIpc) is 2.03. The lowest BCUT2D eigenvalue weighted by Crippen LogP contribution is -2.06. The molecule has 1 aromatic rings. The van der Waals surface area contributed by atoms with Crippen molar-refractivity contribution >= 4 is 61.4 Å². The number of halogens is 2. The van der Waals surface area contributed by atoms with Gasteiger partial charge in [-0.1, -0.05) is 0 Å². The summed E-state index contributed by atoms with van der Waals surface area (Å²) in [7, 11) is 0.887. The van der Waals surface area contributed by atoms with Gasteiger partial charge in [0, 0.05) is 7.14 Å². The number of benzene rings is 1. The Morgan fingerprint density at radius 3 is 2.31 bits per heavy atom. The van der Waals surface area contributed by atoms with Crippen LogP contribution in [0.1, 0.15) is 10.4 Å². The number of hydrogen-bond acceptors (Lipinski definition) is 2. The van der Waals surface area contributed by atoms with Gasteiger partial charge in [0.25, 0.3) is 0 Å². The summed E-state index contributed by atoms with van der Waals surface area (Å²) in [5, 5.41) is 0. The maximum Gasteiger partial charge on any atom is 0.337 e. The summed E-state index contributed by atoms with van der Waals surface area (Å²) in [5.41, 5.74) is 0.646. The molecule has 0 bridgehead atoms. The third-order valence-corrected chi connectivity index (χ3v) is 2.91. The fraction of sp³-hybridized carbons (Fsp3) is 0.125. The highest BCUT2D eigenvalue weighted by Crippen LogP contribution is 2.14. The Morgan fingerprint density at radius 2 is 1.85 bits per heavy atom. The molecule has 1 rings (SSSR count). The van der Waals surface area contributed by atoms with E-state index < -0.39 is 0 Å². The molecule has 0 saturated carbocycles. The molecule has 0 heterocycles. The fourth-order valence-corrected chi connectivity index (χ4v) is 3.09. The van der Waals surface area contributed by atoms with Gasteiger partial charge >= 0.3 is 5.97 Å². The van der Waals surface area contributed by atoms with Gasteiger partial charge in [-0.05, 0) is 63.4 Å². The second kappa shape index (κ2) is 5.30. The van der Waals surface area contributed by atoms with Crippen LogP contribution in [0.25, 0.3) is 0 Å². The zero-order chi connectivity index (χ0) is 9.84. The van der Waals surface area contributed by atoms with E-state index in [0.717, 1.165) is 17.4 Å². The molecule has 0 N–H and O–H groups in total. The van der Waals surface area contributed by atoms with Gasteiger partial charge in [0.2, 0.25) is 0 Å². The number of rotatable bonds is 2. The Balaban J connectivity index is 2.94. The first-order valence-electron chi connectivity index (χ1n) is 3.76. The summed E-state index contributed by atoms with van der Waals surface area (Å²) in [6.45, 7) is 0. The van der Waals surface area contributed by atoms with Crippen LogP contribution in [0.5, 0.6) is 0 Å². The van der Waals surface area contributed by atoms with E-state index in [1.54, 1.807) is 0 Å². The molecule has 70 valence electrons. The zero-order valence-corrected chi connectivity index (χ0v) is 13.3. The Bertz CT molecular complexity index is 308. The van der Waals surface area contributed by atoms with E-state index in [2.05, 4.69) is 45.2 Å². The van der Waals surface area contributed by atoms with E-state index in [-0.39, 0.29) is 5.97 Å². The van der Waals surface area contributed by atoms with Gasteiger partial charge in [-0.15, -0.1) is 0 Å². The first-order chi connectivity index (χ1) is 6.13. The quantitative estimate of drug-likeness (QED) is 0.413. The van der Waals surface area contributed by atoms with Crippen molar-refractivity contribution in [3.63, 3.8) is 0 Å². The van der Waals surface area contributed by atoms with Gasteiger partial charge in [0.05, 0.1) is 22.0 Å². The largest absolute Gasteiger partial charge is 0.467 e. The minimum absolute atomic E-state index is 0.216. The van der Waals surface area contributed by atoms with E-state index in [4.69, 9.17) is 4.74 Å². The molecule has 2 nitrogen and oxygen atoms in total. The van der Waals surface area contributed by atoms with Crippen LogP contribution in [0.2, 0.25) is 0 Å². The predicted molar refractivity (Wildman–Crippen MR) is 72.1 cm³/mol. The summed E-state index contributed by atoms with van der Waals surface area (Å²) in [6.07, 6.45) is 0.556. The summed E-state index contributed by atoms with van der Waals surface area (Å²) in [5.74, 6) is -0.216. The van der Waals surface area contributed by atoms with E-state index in [9.17, 15) is 4.79 Å². The van der Waals surface area contributed by atoms with Crippen LogP contribution in [-0.4, -0.2) is 22.4 Å². The fourth-order valence-electron chi connectivity index (χ4n) is 0.886. The van der Waals surface area contributed by atoms with Crippen molar-refractivity contribution in [2.45, 2.75) is 0 Å². The molecule has 0 unspecified atom stereocenters. The third kappa shape index (κ3) is 3.54. The Hall–Kier alpha value is 0.367. The number of carbonyl (C=O) groups is 1. The molecule has 0 aromatic heterocycles. The molecular weight excluding hydrogens is 410 g/mol. The van der Waals surface area contributed by atoms with Gasteiger partial charge in [0.1, 0.15) is 0 Å². The topological polar surface area (TPSA) is 26.3 Å². The molecule has 0 aliphatic carbocycles. The normalized spacial score (nSPS) is 10.0. The second-order valence-electron chi connectivity index (χ2n) is 2.38. The van der Waals surface area contributed by atoms with E-state index in [1.807, 2.05) is 18.2 Å². The third-order valence-electron chi connectivity index (χ3n) is 1.37. The molecule has 1 aromatic carbocycles. The molecule has 0 atom stereocenters. The molecular formula is C8H8I2O2Si. The van der Waals surface area contributed by atoms with Crippen molar-refractivity contribution in [1.82, 2.24) is 0 Å². The smallest absolute Gasteiger partial charge is 0.337 e. The highest BCUT2D eigenvalue weighted by atomic mass is 127. The van der Waals surface area contributed by atoms with E-state index in [1.165, 1.54) is 0 Å². The van der Waals surface area contributed by atoms with Gasteiger partial charge < -0.3 is 4.74 Å². The summed E-state index contributed by atoms with van der Waals surface area (Å²) >= 11 is 4.38. The van der Waals surface area contributed by atoms with Crippen molar-refractivity contribution in [1.29, 1.82) is 0 Å². The maximum atomic E-state index is 11.3. The summed E-state index contributed by atoms with van der Waals surface area (Å²) < 4.78 is 7.07. The van der Waals surface area contributed by atoms with Crippen LogP contribution in [0.15, 0.2) is 18.2 Å². The predicted octanol–water partition coefficient (Wildman–Crippen LogP) is 1.38. The monoisotopic (exact) mass is 418 g/mol. The van der Waals surface area contributed by atoms with Crippen molar-refractivity contribution in [3.05, 3.63) is 30.9 Å².